The maximum atomic E-state index is 12.2. The molecule has 1 aliphatic carbocycles. The van der Waals surface area contributed by atoms with Crippen LogP contribution in [0.4, 0.5) is 5.69 Å². The van der Waals surface area contributed by atoms with Gasteiger partial charge in [-0.3, -0.25) is 10.1 Å². The van der Waals surface area contributed by atoms with Crippen LogP contribution in [0.3, 0.4) is 0 Å². The fourth-order valence-electron chi connectivity index (χ4n) is 2.57. The standard InChI is InChI=1S/C13H18N2O4S/c1-13(2)8-7-10(9-13)14-20(18,19)12-5-3-11(4-6-12)15(16)17/h3-6,10,14H,7-9H2,1-2H3. The zero-order valence-electron chi connectivity index (χ0n) is 11.5. The third-order valence-corrected chi connectivity index (χ3v) is 5.18. The first-order chi connectivity index (χ1) is 9.20. The van der Waals surface area contributed by atoms with Crippen molar-refractivity contribution in [2.24, 2.45) is 5.41 Å². The molecule has 0 aliphatic heterocycles. The molecule has 0 bridgehead atoms. The highest BCUT2D eigenvalue weighted by Gasteiger charge is 2.33. The van der Waals surface area contributed by atoms with Crippen LogP contribution in [0, 0.1) is 15.5 Å². The first-order valence-electron chi connectivity index (χ1n) is 6.46. The van der Waals surface area contributed by atoms with Gasteiger partial charge in [0.15, 0.2) is 0 Å². The van der Waals surface area contributed by atoms with E-state index in [-0.39, 0.29) is 22.0 Å². The van der Waals surface area contributed by atoms with Gasteiger partial charge < -0.3 is 0 Å². The van der Waals surface area contributed by atoms with Crippen LogP contribution in [0.5, 0.6) is 0 Å². The van der Waals surface area contributed by atoms with Crippen molar-refractivity contribution in [3.05, 3.63) is 34.4 Å². The molecule has 0 heterocycles. The number of non-ortho nitro benzene ring substituents is 1. The summed E-state index contributed by atoms with van der Waals surface area (Å²) in [6.45, 7) is 4.24. The molecule has 1 N–H and O–H groups in total. The number of sulfonamides is 1. The lowest BCUT2D eigenvalue weighted by atomic mass is 9.92. The molecule has 7 heteroatoms. The van der Waals surface area contributed by atoms with Crippen molar-refractivity contribution >= 4 is 15.7 Å². The summed E-state index contributed by atoms with van der Waals surface area (Å²) < 4.78 is 27.1. The van der Waals surface area contributed by atoms with Gasteiger partial charge in [0.1, 0.15) is 0 Å². The molecule has 1 aromatic rings. The van der Waals surface area contributed by atoms with Crippen molar-refractivity contribution in [3.8, 4) is 0 Å². The lowest BCUT2D eigenvalue weighted by molar-refractivity contribution is -0.384. The Morgan fingerprint density at radius 1 is 1.30 bits per heavy atom. The molecule has 1 aromatic carbocycles. The van der Waals surface area contributed by atoms with Gasteiger partial charge in [-0.05, 0) is 36.8 Å². The number of hydrogen-bond acceptors (Lipinski definition) is 4. The summed E-state index contributed by atoms with van der Waals surface area (Å²) >= 11 is 0. The molecule has 20 heavy (non-hydrogen) atoms. The van der Waals surface area contributed by atoms with Crippen molar-refractivity contribution in [2.45, 2.75) is 44.0 Å². The van der Waals surface area contributed by atoms with E-state index in [2.05, 4.69) is 18.6 Å². The Morgan fingerprint density at radius 3 is 2.35 bits per heavy atom. The Labute approximate surface area is 118 Å². The molecule has 2 rings (SSSR count). The third-order valence-electron chi connectivity index (χ3n) is 3.65. The van der Waals surface area contributed by atoms with Gasteiger partial charge in [-0.2, -0.15) is 0 Å². The molecule has 0 radical (unpaired) electrons. The molecule has 0 spiro atoms. The van der Waals surface area contributed by atoms with Crippen molar-refractivity contribution in [2.75, 3.05) is 0 Å². The average Bonchev–Trinajstić information content (AvgIpc) is 2.68. The summed E-state index contributed by atoms with van der Waals surface area (Å²) in [6, 6.07) is 4.87. The second-order valence-electron chi connectivity index (χ2n) is 5.98. The van der Waals surface area contributed by atoms with Gasteiger partial charge in [0.05, 0.1) is 9.82 Å². The fraction of sp³-hybridized carbons (Fsp3) is 0.538. The molecule has 0 amide bonds. The van der Waals surface area contributed by atoms with Gasteiger partial charge in [0.2, 0.25) is 10.0 Å². The molecule has 6 nitrogen and oxygen atoms in total. The normalized spacial score (nSPS) is 21.8. The molecule has 0 saturated heterocycles. The summed E-state index contributed by atoms with van der Waals surface area (Å²) in [7, 11) is -3.61. The van der Waals surface area contributed by atoms with Gasteiger partial charge in [0, 0.05) is 18.2 Å². The monoisotopic (exact) mass is 298 g/mol. The van der Waals surface area contributed by atoms with Crippen LogP contribution in [0.1, 0.15) is 33.1 Å². The lowest BCUT2D eigenvalue weighted by Crippen LogP contribution is -2.33. The average molecular weight is 298 g/mol. The molecule has 1 aliphatic rings. The molecule has 1 unspecified atom stereocenters. The van der Waals surface area contributed by atoms with E-state index >= 15 is 0 Å². The minimum Gasteiger partial charge on any atom is -0.258 e. The maximum Gasteiger partial charge on any atom is 0.269 e. The van der Waals surface area contributed by atoms with E-state index in [9.17, 15) is 18.5 Å². The predicted octanol–water partition coefficient (Wildman–Crippen LogP) is 2.45. The Morgan fingerprint density at radius 2 is 1.90 bits per heavy atom. The lowest BCUT2D eigenvalue weighted by Gasteiger charge is -2.17. The van der Waals surface area contributed by atoms with E-state index in [1.54, 1.807) is 0 Å². The molecule has 1 saturated carbocycles. The number of hydrogen-bond donors (Lipinski definition) is 1. The van der Waals surface area contributed by atoms with Crippen LogP contribution in [-0.4, -0.2) is 19.4 Å². The van der Waals surface area contributed by atoms with Gasteiger partial charge in [0.25, 0.3) is 5.69 Å². The molecule has 110 valence electrons. The molecular weight excluding hydrogens is 280 g/mol. The zero-order chi connectivity index (χ0) is 15.0. The van der Waals surface area contributed by atoms with E-state index in [4.69, 9.17) is 0 Å². The number of nitrogens with one attached hydrogen (secondary N) is 1. The Bertz CT molecular complexity index is 608. The smallest absolute Gasteiger partial charge is 0.258 e. The molecule has 1 atom stereocenters. The second kappa shape index (κ2) is 5.14. The fourth-order valence-corrected chi connectivity index (χ4v) is 3.84. The SMILES string of the molecule is CC1(C)CCC(NS(=O)(=O)c2ccc([N+](=O)[O-])cc2)C1. The second-order valence-corrected chi connectivity index (χ2v) is 7.69. The minimum atomic E-state index is -3.61. The number of nitro benzene ring substituents is 1. The van der Waals surface area contributed by atoms with Gasteiger partial charge in [-0.15, -0.1) is 0 Å². The van der Waals surface area contributed by atoms with E-state index in [0.717, 1.165) is 19.3 Å². The largest absolute Gasteiger partial charge is 0.269 e. The quantitative estimate of drug-likeness (QED) is 0.683. The summed E-state index contributed by atoms with van der Waals surface area (Å²) in [4.78, 5) is 10.1. The molecule has 0 aromatic heterocycles. The van der Waals surface area contributed by atoms with Crippen LogP contribution in [0.25, 0.3) is 0 Å². The number of nitro groups is 1. The van der Waals surface area contributed by atoms with Crippen LogP contribution >= 0.6 is 0 Å². The van der Waals surface area contributed by atoms with Crippen LogP contribution in [-0.2, 0) is 10.0 Å². The predicted molar refractivity (Wildman–Crippen MR) is 74.8 cm³/mol. The Hall–Kier alpha value is -1.47. The zero-order valence-corrected chi connectivity index (χ0v) is 12.3. The maximum absolute atomic E-state index is 12.2. The van der Waals surface area contributed by atoms with E-state index in [1.807, 2.05) is 0 Å². The van der Waals surface area contributed by atoms with Crippen LogP contribution < -0.4 is 4.72 Å². The third kappa shape index (κ3) is 3.34. The van der Waals surface area contributed by atoms with Gasteiger partial charge in [-0.1, -0.05) is 13.8 Å². The Balaban J connectivity index is 2.12. The van der Waals surface area contributed by atoms with Crippen molar-refractivity contribution in [1.29, 1.82) is 0 Å². The summed E-state index contributed by atoms with van der Waals surface area (Å²) in [6.07, 6.45) is 2.61. The first-order valence-corrected chi connectivity index (χ1v) is 7.95. The molecular formula is C13H18N2O4S. The topological polar surface area (TPSA) is 89.3 Å². The van der Waals surface area contributed by atoms with E-state index in [1.165, 1.54) is 24.3 Å². The van der Waals surface area contributed by atoms with E-state index < -0.39 is 14.9 Å². The van der Waals surface area contributed by atoms with Crippen LogP contribution in [0.2, 0.25) is 0 Å². The van der Waals surface area contributed by atoms with Crippen molar-refractivity contribution < 1.29 is 13.3 Å². The van der Waals surface area contributed by atoms with Crippen LogP contribution in [0.15, 0.2) is 29.2 Å². The molecule has 1 fully saturated rings. The summed E-state index contributed by atoms with van der Waals surface area (Å²) in [5.74, 6) is 0. The van der Waals surface area contributed by atoms with Crippen molar-refractivity contribution in [1.82, 2.24) is 4.72 Å². The van der Waals surface area contributed by atoms with Gasteiger partial charge in [-0.25, -0.2) is 13.1 Å². The minimum absolute atomic E-state index is 0.0628. The highest BCUT2D eigenvalue weighted by molar-refractivity contribution is 7.89. The van der Waals surface area contributed by atoms with E-state index in [0.29, 0.717) is 0 Å². The summed E-state index contributed by atoms with van der Waals surface area (Å²) in [5.41, 5.74) is 0.0359. The van der Waals surface area contributed by atoms with Gasteiger partial charge >= 0.3 is 0 Å². The summed E-state index contributed by atoms with van der Waals surface area (Å²) in [5, 5.41) is 10.6. The number of benzene rings is 1. The number of nitrogens with zero attached hydrogens (tertiary/aromatic N) is 1. The highest BCUT2D eigenvalue weighted by Crippen LogP contribution is 2.37. The first kappa shape index (κ1) is 14.9. The highest BCUT2D eigenvalue weighted by atomic mass is 32.2. The van der Waals surface area contributed by atoms with Crippen molar-refractivity contribution in [3.63, 3.8) is 0 Å². The number of rotatable bonds is 4. The Kier molecular flexibility index (Phi) is 3.84.